The van der Waals surface area contributed by atoms with E-state index < -0.39 is 11.6 Å². The molecule has 0 bridgehead atoms. The highest BCUT2D eigenvalue weighted by atomic mass is 79.9. The molecule has 0 aliphatic heterocycles. The van der Waals surface area contributed by atoms with Gasteiger partial charge in [0, 0.05) is 10.9 Å². The van der Waals surface area contributed by atoms with Crippen molar-refractivity contribution in [3.05, 3.63) is 35.4 Å². The molecule has 0 fully saturated rings. The Kier molecular flexibility index (Phi) is 5.23. The van der Waals surface area contributed by atoms with Crippen LogP contribution in [-0.2, 0) is 6.42 Å². The van der Waals surface area contributed by atoms with Crippen molar-refractivity contribution >= 4 is 15.9 Å². The Balaban J connectivity index is 2.78. The third-order valence-corrected chi connectivity index (χ3v) is 3.39. The summed E-state index contributed by atoms with van der Waals surface area (Å²) in [7, 11) is 0. The first-order valence-electron chi connectivity index (χ1n) is 5.17. The van der Waals surface area contributed by atoms with Crippen LogP contribution in [0.1, 0.15) is 25.3 Å². The second kappa shape index (κ2) is 6.21. The third-order valence-electron chi connectivity index (χ3n) is 2.47. The number of halogens is 3. The van der Waals surface area contributed by atoms with E-state index in [0.29, 0.717) is 12.3 Å². The fourth-order valence-corrected chi connectivity index (χ4v) is 2.21. The molecule has 1 unspecified atom stereocenters. The zero-order chi connectivity index (χ0) is 11.3. The van der Waals surface area contributed by atoms with Gasteiger partial charge in [0.2, 0.25) is 0 Å². The van der Waals surface area contributed by atoms with Crippen molar-refractivity contribution in [2.75, 3.05) is 5.33 Å². The molecule has 0 heterocycles. The maximum atomic E-state index is 13.3. The predicted molar refractivity (Wildman–Crippen MR) is 62.3 cm³/mol. The summed E-state index contributed by atoms with van der Waals surface area (Å²) in [6.07, 6.45) is 2.49. The summed E-state index contributed by atoms with van der Waals surface area (Å²) in [4.78, 5) is 0. The van der Waals surface area contributed by atoms with Crippen LogP contribution in [-0.4, -0.2) is 5.33 Å². The van der Waals surface area contributed by atoms with Gasteiger partial charge in [-0.25, -0.2) is 8.78 Å². The van der Waals surface area contributed by atoms with Crippen LogP contribution in [0.5, 0.6) is 0 Å². The molecule has 15 heavy (non-hydrogen) atoms. The second-order valence-corrected chi connectivity index (χ2v) is 4.36. The van der Waals surface area contributed by atoms with Crippen molar-refractivity contribution in [1.82, 2.24) is 0 Å². The van der Waals surface area contributed by atoms with Crippen LogP contribution in [0.2, 0.25) is 0 Å². The Morgan fingerprint density at radius 3 is 2.33 bits per heavy atom. The number of hydrogen-bond acceptors (Lipinski definition) is 0. The van der Waals surface area contributed by atoms with Gasteiger partial charge in [0.15, 0.2) is 0 Å². The lowest BCUT2D eigenvalue weighted by molar-refractivity contribution is 0.487. The minimum absolute atomic E-state index is 0.218. The van der Waals surface area contributed by atoms with E-state index in [9.17, 15) is 8.78 Å². The van der Waals surface area contributed by atoms with Gasteiger partial charge in [-0.1, -0.05) is 35.3 Å². The minimum Gasteiger partial charge on any atom is -0.207 e. The number of benzene rings is 1. The van der Waals surface area contributed by atoms with Gasteiger partial charge >= 0.3 is 0 Å². The normalized spacial score (nSPS) is 12.8. The Labute approximate surface area is 97.8 Å². The Hall–Kier alpha value is -0.440. The van der Waals surface area contributed by atoms with Crippen LogP contribution in [0.4, 0.5) is 8.78 Å². The first-order chi connectivity index (χ1) is 7.19. The molecule has 0 amide bonds. The van der Waals surface area contributed by atoms with E-state index >= 15 is 0 Å². The number of alkyl halides is 1. The smallest absolute Gasteiger partial charge is 0.129 e. The summed E-state index contributed by atoms with van der Waals surface area (Å²) in [5.74, 6) is -0.560. The van der Waals surface area contributed by atoms with Gasteiger partial charge in [0.1, 0.15) is 11.6 Å². The molecule has 0 radical (unpaired) electrons. The van der Waals surface area contributed by atoms with Crippen molar-refractivity contribution in [2.45, 2.75) is 26.2 Å². The summed E-state index contributed by atoms with van der Waals surface area (Å²) < 4.78 is 26.7. The van der Waals surface area contributed by atoms with E-state index in [4.69, 9.17) is 0 Å². The SMILES string of the molecule is CCCC(CBr)Cc1c(F)cccc1F. The number of rotatable bonds is 5. The molecule has 0 nitrogen and oxygen atoms in total. The first kappa shape index (κ1) is 12.6. The van der Waals surface area contributed by atoms with E-state index in [0.717, 1.165) is 18.2 Å². The van der Waals surface area contributed by atoms with Crippen LogP contribution in [0.15, 0.2) is 18.2 Å². The zero-order valence-corrected chi connectivity index (χ0v) is 10.4. The average Bonchev–Trinajstić information content (AvgIpc) is 2.22. The Morgan fingerprint density at radius 1 is 1.27 bits per heavy atom. The second-order valence-electron chi connectivity index (χ2n) is 3.71. The van der Waals surface area contributed by atoms with Crippen molar-refractivity contribution in [3.63, 3.8) is 0 Å². The maximum absolute atomic E-state index is 13.3. The van der Waals surface area contributed by atoms with E-state index in [1.165, 1.54) is 18.2 Å². The predicted octanol–water partition coefficient (Wildman–Crippen LogP) is 4.32. The lowest BCUT2D eigenvalue weighted by Gasteiger charge is -2.13. The summed E-state index contributed by atoms with van der Waals surface area (Å²) in [5, 5.41) is 0.786. The van der Waals surface area contributed by atoms with Crippen LogP contribution in [0.3, 0.4) is 0 Å². The Bertz CT molecular complexity index is 292. The fraction of sp³-hybridized carbons (Fsp3) is 0.500. The summed E-state index contributed by atoms with van der Waals surface area (Å²) in [6, 6.07) is 4.03. The van der Waals surface area contributed by atoms with Gasteiger partial charge in [-0.15, -0.1) is 0 Å². The highest BCUT2D eigenvalue weighted by Gasteiger charge is 2.14. The van der Waals surface area contributed by atoms with Crippen LogP contribution in [0.25, 0.3) is 0 Å². The molecule has 1 atom stereocenters. The molecule has 1 aromatic carbocycles. The van der Waals surface area contributed by atoms with Crippen molar-refractivity contribution in [3.8, 4) is 0 Å². The van der Waals surface area contributed by atoms with Crippen LogP contribution in [0, 0.1) is 17.6 Å². The molecule has 0 saturated carbocycles. The molecular formula is C12H15BrF2. The average molecular weight is 277 g/mol. The zero-order valence-electron chi connectivity index (χ0n) is 8.77. The van der Waals surface area contributed by atoms with Gasteiger partial charge in [-0.3, -0.25) is 0 Å². The molecular weight excluding hydrogens is 262 g/mol. The van der Waals surface area contributed by atoms with Crippen LogP contribution < -0.4 is 0 Å². The largest absolute Gasteiger partial charge is 0.207 e. The molecule has 0 aromatic heterocycles. The van der Waals surface area contributed by atoms with E-state index in [1.54, 1.807) is 0 Å². The monoisotopic (exact) mass is 276 g/mol. The minimum atomic E-state index is -0.433. The molecule has 0 saturated heterocycles. The molecule has 84 valence electrons. The van der Waals surface area contributed by atoms with Gasteiger partial charge in [0.25, 0.3) is 0 Å². The van der Waals surface area contributed by atoms with Gasteiger partial charge in [-0.2, -0.15) is 0 Å². The van der Waals surface area contributed by atoms with E-state index in [2.05, 4.69) is 22.9 Å². The summed E-state index contributed by atoms with van der Waals surface area (Å²) in [5.41, 5.74) is 0.218. The van der Waals surface area contributed by atoms with E-state index in [-0.39, 0.29) is 5.56 Å². The summed E-state index contributed by atoms with van der Waals surface area (Å²) >= 11 is 3.38. The van der Waals surface area contributed by atoms with Gasteiger partial charge < -0.3 is 0 Å². The van der Waals surface area contributed by atoms with E-state index in [1.807, 2.05) is 0 Å². The third kappa shape index (κ3) is 3.56. The molecule has 1 rings (SSSR count). The highest BCUT2D eigenvalue weighted by Crippen LogP contribution is 2.20. The highest BCUT2D eigenvalue weighted by molar-refractivity contribution is 9.09. The molecule has 0 aliphatic rings. The quantitative estimate of drug-likeness (QED) is 0.703. The topological polar surface area (TPSA) is 0 Å². The summed E-state index contributed by atoms with van der Waals surface area (Å²) in [6.45, 7) is 2.08. The molecule has 1 aromatic rings. The first-order valence-corrected chi connectivity index (χ1v) is 6.30. The molecule has 0 N–H and O–H groups in total. The Morgan fingerprint density at radius 2 is 1.87 bits per heavy atom. The standard InChI is InChI=1S/C12H15BrF2/c1-2-4-9(8-13)7-10-11(14)5-3-6-12(10)15/h3,5-6,9H,2,4,7-8H2,1H3. The number of hydrogen-bond donors (Lipinski definition) is 0. The lowest BCUT2D eigenvalue weighted by Crippen LogP contribution is -2.09. The maximum Gasteiger partial charge on any atom is 0.129 e. The fourth-order valence-electron chi connectivity index (χ4n) is 1.66. The van der Waals surface area contributed by atoms with Crippen molar-refractivity contribution in [1.29, 1.82) is 0 Å². The lowest BCUT2D eigenvalue weighted by atomic mass is 9.96. The molecule has 0 aliphatic carbocycles. The van der Waals surface area contributed by atoms with Crippen molar-refractivity contribution in [2.24, 2.45) is 5.92 Å². The molecule has 3 heteroatoms. The van der Waals surface area contributed by atoms with Gasteiger partial charge in [0.05, 0.1) is 0 Å². The van der Waals surface area contributed by atoms with Crippen molar-refractivity contribution < 1.29 is 8.78 Å². The van der Waals surface area contributed by atoms with Crippen LogP contribution >= 0.6 is 15.9 Å². The van der Waals surface area contributed by atoms with Gasteiger partial charge in [-0.05, 0) is 30.9 Å². The molecule has 0 spiro atoms.